The van der Waals surface area contributed by atoms with Gasteiger partial charge in [-0.1, -0.05) is 29.8 Å². The quantitative estimate of drug-likeness (QED) is 0.294. The number of ether oxygens (including phenoxy) is 2. The fourth-order valence-corrected chi connectivity index (χ4v) is 4.21. The second-order valence-corrected chi connectivity index (χ2v) is 8.55. The Bertz CT molecular complexity index is 1400. The molecule has 0 aliphatic heterocycles. The van der Waals surface area contributed by atoms with Crippen LogP contribution in [0, 0.1) is 13.8 Å². The smallest absolute Gasteiger partial charge is 0.248 e. The monoisotopic (exact) mass is 475 g/mol. The van der Waals surface area contributed by atoms with E-state index in [1.165, 1.54) is 0 Å². The zero-order chi connectivity index (χ0) is 24.4. The van der Waals surface area contributed by atoms with E-state index in [1.807, 2.05) is 57.2 Å². The van der Waals surface area contributed by atoms with Crippen molar-refractivity contribution >= 4 is 39.7 Å². The number of methoxy groups -OCH3 is 2. The van der Waals surface area contributed by atoms with Crippen LogP contribution in [0.25, 0.3) is 27.7 Å². The second-order valence-electron chi connectivity index (χ2n) is 8.11. The molecule has 4 aromatic rings. The molecule has 6 heteroatoms. The number of hydrogen-bond acceptors (Lipinski definition) is 4. The molecule has 0 saturated carbocycles. The van der Waals surface area contributed by atoms with Crippen molar-refractivity contribution in [3.05, 3.63) is 82.6 Å². The minimum atomic E-state index is -0.245. The Morgan fingerprint density at radius 2 is 1.76 bits per heavy atom. The van der Waals surface area contributed by atoms with Crippen LogP contribution in [0.4, 0.5) is 5.69 Å². The van der Waals surface area contributed by atoms with Gasteiger partial charge in [0, 0.05) is 38.9 Å². The number of rotatable bonds is 6. The van der Waals surface area contributed by atoms with E-state index in [9.17, 15) is 4.79 Å². The summed E-state index contributed by atoms with van der Waals surface area (Å²) in [6, 6.07) is 15.2. The molecular weight excluding hydrogens is 450 g/mol. The third kappa shape index (κ3) is 4.52. The maximum Gasteiger partial charge on any atom is 0.248 e. The molecule has 174 valence electrons. The summed E-state index contributed by atoms with van der Waals surface area (Å²) in [5.74, 6) is 1.21. The Morgan fingerprint density at radius 3 is 2.44 bits per heavy atom. The van der Waals surface area contributed by atoms with Gasteiger partial charge in [-0.3, -0.25) is 4.79 Å². The summed E-state index contributed by atoms with van der Waals surface area (Å²) in [4.78, 5) is 12.8. The van der Waals surface area contributed by atoms with E-state index < -0.39 is 0 Å². The number of furan rings is 1. The number of amides is 1. The molecule has 1 heterocycles. The molecule has 0 saturated heterocycles. The number of aryl methyl sites for hydroxylation is 2. The Labute approximate surface area is 203 Å². The minimum absolute atomic E-state index is 0.245. The van der Waals surface area contributed by atoms with Gasteiger partial charge in [-0.25, -0.2) is 0 Å². The van der Waals surface area contributed by atoms with Crippen LogP contribution in [0.15, 0.2) is 65.3 Å². The Kier molecular flexibility index (Phi) is 6.66. The van der Waals surface area contributed by atoms with Crippen molar-refractivity contribution in [3.8, 4) is 22.6 Å². The standard InChI is InChI=1S/C28H26ClNO4/c1-16-6-9-20(29)13-25(16)30-26(31)12-17(2)22-14-23-24(19-7-10-21(32-4)11-8-19)15-34-28(23)18(3)27(22)33-5/h6-15H,1-5H3,(H,30,31)/b17-12+. The van der Waals surface area contributed by atoms with Crippen LogP contribution in [-0.4, -0.2) is 20.1 Å². The molecule has 0 radical (unpaired) electrons. The van der Waals surface area contributed by atoms with E-state index in [0.29, 0.717) is 16.5 Å². The first-order chi connectivity index (χ1) is 16.3. The van der Waals surface area contributed by atoms with E-state index in [4.69, 9.17) is 25.5 Å². The Hall–Kier alpha value is -3.70. The van der Waals surface area contributed by atoms with Crippen LogP contribution in [-0.2, 0) is 4.79 Å². The highest BCUT2D eigenvalue weighted by Crippen LogP contribution is 2.40. The van der Waals surface area contributed by atoms with Crippen molar-refractivity contribution in [1.82, 2.24) is 0 Å². The summed E-state index contributed by atoms with van der Waals surface area (Å²) in [5.41, 5.74) is 6.77. The summed E-state index contributed by atoms with van der Waals surface area (Å²) < 4.78 is 16.9. The molecule has 0 aliphatic carbocycles. The molecule has 34 heavy (non-hydrogen) atoms. The zero-order valence-corrected chi connectivity index (χ0v) is 20.5. The predicted octanol–water partition coefficient (Wildman–Crippen LogP) is 7.43. The molecule has 0 fully saturated rings. The number of nitrogens with one attached hydrogen (secondary N) is 1. The van der Waals surface area contributed by atoms with Gasteiger partial charge >= 0.3 is 0 Å². The summed E-state index contributed by atoms with van der Waals surface area (Å²) in [7, 11) is 3.26. The fraction of sp³-hybridized carbons (Fsp3) is 0.179. The largest absolute Gasteiger partial charge is 0.497 e. The van der Waals surface area contributed by atoms with E-state index in [0.717, 1.165) is 50.1 Å². The molecule has 5 nitrogen and oxygen atoms in total. The molecule has 0 spiro atoms. The highest BCUT2D eigenvalue weighted by molar-refractivity contribution is 6.31. The summed E-state index contributed by atoms with van der Waals surface area (Å²) in [5, 5.41) is 4.42. The SMILES string of the molecule is COc1ccc(-c2coc3c(C)c(OC)c(/C(C)=C/C(=O)Nc4cc(Cl)ccc4C)cc23)cc1. The van der Waals surface area contributed by atoms with E-state index >= 15 is 0 Å². The van der Waals surface area contributed by atoms with Crippen LogP contribution in [0.3, 0.4) is 0 Å². The van der Waals surface area contributed by atoms with Gasteiger partial charge in [-0.05, 0) is 67.8 Å². The van der Waals surface area contributed by atoms with Crippen LogP contribution in [0.2, 0.25) is 5.02 Å². The number of anilines is 1. The molecule has 4 rings (SSSR count). The molecule has 0 atom stereocenters. The third-order valence-corrected chi connectivity index (χ3v) is 6.11. The van der Waals surface area contributed by atoms with Crippen molar-refractivity contribution in [1.29, 1.82) is 0 Å². The predicted molar refractivity (Wildman–Crippen MR) is 138 cm³/mol. The molecule has 1 amide bonds. The number of fused-ring (bicyclic) bond motifs is 1. The second kappa shape index (κ2) is 9.65. The molecule has 0 bridgehead atoms. The first-order valence-electron chi connectivity index (χ1n) is 10.8. The van der Waals surface area contributed by atoms with Gasteiger partial charge in [-0.15, -0.1) is 0 Å². The van der Waals surface area contributed by atoms with Crippen LogP contribution < -0.4 is 14.8 Å². The minimum Gasteiger partial charge on any atom is -0.497 e. The first kappa shape index (κ1) is 23.5. The lowest BCUT2D eigenvalue weighted by Crippen LogP contribution is -2.10. The van der Waals surface area contributed by atoms with E-state index in [1.54, 1.807) is 38.7 Å². The number of benzene rings is 3. The number of carbonyl (C=O) groups excluding carboxylic acids is 1. The third-order valence-electron chi connectivity index (χ3n) is 5.88. The van der Waals surface area contributed by atoms with Gasteiger partial charge in [0.05, 0.1) is 20.5 Å². The highest BCUT2D eigenvalue weighted by atomic mass is 35.5. The topological polar surface area (TPSA) is 60.7 Å². The van der Waals surface area contributed by atoms with E-state index in [2.05, 4.69) is 5.32 Å². The molecule has 0 aliphatic rings. The van der Waals surface area contributed by atoms with Crippen LogP contribution >= 0.6 is 11.6 Å². The fourth-order valence-electron chi connectivity index (χ4n) is 4.04. The van der Waals surface area contributed by atoms with Crippen molar-refractivity contribution in [2.45, 2.75) is 20.8 Å². The van der Waals surface area contributed by atoms with Gasteiger partial charge < -0.3 is 19.2 Å². The maximum atomic E-state index is 12.8. The lowest BCUT2D eigenvalue weighted by molar-refractivity contribution is -0.111. The van der Waals surface area contributed by atoms with Gasteiger partial charge in [0.15, 0.2) is 0 Å². The van der Waals surface area contributed by atoms with Crippen molar-refractivity contribution < 1.29 is 18.7 Å². The lowest BCUT2D eigenvalue weighted by Gasteiger charge is -2.14. The Morgan fingerprint density at radius 1 is 1.03 bits per heavy atom. The van der Waals surface area contributed by atoms with Crippen molar-refractivity contribution in [2.24, 2.45) is 0 Å². The molecular formula is C28H26ClNO4. The molecule has 1 N–H and O–H groups in total. The Balaban J connectivity index is 1.75. The van der Waals surface area contributed by atoms with Gasteiger partial charge in [0.1, 0.15) is 17.1 Å². The van der Waals surface area contributed by atoms with Gasteiger partial charge in [-0.2, -0.15) is 0 Å². The van der Waals surface area contributed by atoms with Gasteiger partial charge in [0.25, 0.3) is 0 Å². The lowest BCUT2D eigenvalue weighted by atomic mass is 9.96. The molecule has 1 aromatic heterocycles. The number of carbonyl (C=O) groups is 1. The normalized spacial score (nSPS) is 11.5. The zero-order valence-electron chi connectivity index (χ0n) is 19.8. The van der Waals surface area contributed by atoms with Gasteiger partial charge in [0.2, 0.25) is 5.91 Å². The number of hydrogen-bond donors (Lipinski definition) is 1. The first-order valence-corrected chi connectivity index (χ1v) is 11.2. The molecule has 3 aromatic carbocycles. The summed E-state index contributed by atoms with van der Waals surface area (Å²) in [6.07, 6.45) is 3.31. The average Bonchev–Trinajstić information content (AvgIpc) is 3.25. The van der Waals surface area contributed by atoms with Crippen molar-refractivity contribution in [3.63, 3.8) is 0 Å². The average molecular weight is 476 g/mol. The number of halogens is 1. The highest BCUT2D eigenvalue weighted by Gasteiger charge is 2.19. The van der Waals surface area contributed by atoms with Crippen LogP contribution in [0.1, 0.15) is 23.6 Å². The van der Waals surface area contributed by atoms with Crippen LogP contribution in [0.5, 0.6) is 11.5 Å². The van der Waals surface area contributed by atoms with E-state index in [-0.39, 0.29) is 5.91 Å². The maximum absolute atomic E-state index is 12.8. The van der Waals surface area contributed by atoms with Crippen molar-refractivity contribution in [2.75, 3.05) is 19.5 Å². The number of allylic oxidation sites excluding steroid dienone is 1. The summed E-state index contributed by atoms with van der Waals surface area (Å²) >= 11 is 6.09. The molecule has 0 unspecified atom stereocenters. The summed E-state index contributed by atoms with van der Waals surface area (Å²) in [6.45, 7) is 5.76.